The van der Waals surface area contributed by atoms with Gasteiger partial charge in [0.15, 0.2) is 28.6 Å². The molecule has 0 amide bonds. The van der Waals surface area contributed by atoms with Crippen LogP contribution in [0.25, 0.3) is 0 Å². The van der Waals surface area contributed by atoms with E-state index in [-0.39, 0.29) is 5.78 Å². The zero-order chi connectivity index (χ0) is 21.2. The molecule has 28 heavy (non-hydrogen) atoms. The van der Waals surface area contributed by atoms with E-state index in [1.54, 1.807) is 49.2 Å². The number of carbonyl (C=O) groups excluding carboxylic acids is 2. The van der Waals surface area contributed by atoms with Gasteiger partial charge in [-0.3, -0.25) is 14.3 Å². The van der Waals surface area contributed by atoms with Gasteiger partial charge in [0.25, 0.3) is 0 Å². The minimum Gasteiger partial charge on any atom is -0.383 e. The van der Waals surface area contributed by atoms with E-state index < -0.39 is 22.8 Å². The van der Waals surface area contributed by atoms with Crippen molar-refractivity contribution in [1.29, 1.82) is 0 Å². The Morgan fingerprint density at radius 3 is 1.89 bits per heavy atom. The summed E-state index contributed by atoms with van der Waals surface area (Å²) in [5, 5.41) is 3.99. The molecule has 0 radical (unpaired) electrons. The van der Waals surface area contributed by atoms with Crippen molar-refractivity contribution in [2.75, 3.05) is 14.1 Å². The summed E-state index contributed by atoms with van der Waals surface area (Å²) in [6.07, 6.45) is 7.61. The number of rotatable bonds is 5. The van der Waals surface area contributed by atoms with Crippen molar-refractivity contribution >= 4 is 11.6 Å². The fourth-order valence-electron chi connectivity index (χ4n) is 2.20. The van der Waals surface area contributed by atoms with Crippen molar-refractivity contribution in [3.63, 3.8) is 0 Å². The molecule has 3 aliphatic rings. The molecule has 3 aliphatic carbocycles. The molecule has 0 N–H and O–H groups in total. The first-order valence-corrected chi connectivity index (χ1v) is 9.37. The highest BCUT2D eigenvalue weighted by molar-refractivity contribution is 5.99. The van der Waals surface area contributed by atoms with Gasteiger partial charge >= 0.3 is 0 Å². The Kier molecular flexibility index (Phi) is 6.41. The molecule has 4 rings (SSSR count). The van der Waals surface area contributed by atoms with Gasteiger partial charge in [-0.15, -0.1) is 0 Å². The van der Waals surface area contributed by atoms with E-state index in [0.717, 1.165) is 0 Å². The lowest BCUT2D eigenvalue weighted by Crippen LogP contribution is -2.14. The molecule has 3 saturated carbocycles. The third kappa shape index (κ3) is 6.21. The van der Waals surface area contributed by atoms with E-state index >= 15 is 0 Å². The maximum absolute atomic E-state index is 13.2. The third-order valence-corrected chi connectivity index (χ3v) is 4.84. The van der Waals surface area contributed by atoms with Crippen LogP contribution in [0.4, 0.5) is 13.2 Å². The van der Waals surface area contributed by atoms with E-state index in [4.69, 9.17) is 0 Å². The average molecular weight is 399 g/mol. The molecule has 1 aromatic rings. The Morgan fingerprint density at radius 2 is 1.61 bits per heavy atom. The fraction of sp³-hybridized carbons (Fsp3) is 0.650. The average Bonchev–Trinajstić information content (AvgIpc) is 3.57. The maximum Gasteiger partial charge on any atom is 0.194 e. The zero-order valence-corrected chi connectivity index (χ0v) is 16.8. The molecule has 0 saturated heterocycles. The largest absolute Gasteiger partial charge is 0.383 e. The Labute approximate surface area is 163 Å². The Morgan fingerprint density at radius 1 is 1.07 bits per heavy atom. The second kappa shape index (κ2) is 8.09. The highest BCUT2D eigenvalue weighted by Gasteiger charge is 2.49. The first-order chi connectivity index (χ1) is 12.9. The summed E-state index contributed by atoms with van der Waals surface area (Å²) >= 11 is 0. The number of alkyl halides is 3. The summed E-state index contributed by atoms with van der Waals surface area (Å²) in [7, 11) is 5.39. The number of halogens is 3. The van der Waals surface area contributed by atoms with Gasteiger partial charge in [-0.05, 0) is 51.5 Å². The predicted molar refractivity (Wildman–Crippen MR) is 99.9 cm³/mol. The number of Topliss-reactive ketones (excluding diaryl/α,β-unsaturated/α-hetero) is 1. The Hall–Kier alpha value is -2.12. The molecule has 0 spiro atoms. The normalized spacial score (nSPS) is 21.5. The van der Waals surface area contributed by atoms with Gasteiger partial charge in [-0.2, -0.15) is 5.10 Å². The van der Waals surface area contributed by atoms with E-state index in [2.05, 4.69) is 5.10 Å². The van der Waals surface area contributed by atoms with Crippen LogP contribution in [-0.4, -0.2) is 51.7 Å². The lowest BCUT2D eigenvalue weighted by Gasteiger charge is -2.03. The number of hydrogen-bond acceptors (Lipinski definition) is 4. The summed E-state index contributed by atoms with van der Waals surface area (Å²) in [6.45, 7) is 1.30. The van der Waals surface area contributed by atoms with Gasteiger partial charge < -0.3 is 4.90 Å². The topological polar surface area (TPSA) is 55.2 Å². The minimum absolute atomic E-state index is 0.312. The molecule has 8 heteroatoms. The van der Waals surface area contributed by atoms with Crippen LogP contribution in [-0.2, 0) is 22.3 Å². The number of carbonyl (C=O) groups is 2. The first-order valence-electron chi connectivity index (χ1n) is 9.37. The van der Waals surface area contributed by atoms with E-state index in [1.807, 2.05) is 0 Å². The van der Waals surface area contributed by atoms with Gasteiger partial charge in [-0.25, -0.2) is 13.2 Å². The third-order valence-electron chi connectivity index (χ3n) is 4.84. The lowest BCUT2D eigenvalue weighted by molar-refractivity contribution is -0.123. The predicted octanol–water partition coefficient (Wildman–Crippen LogP) is 3.59. The number of hydrogen-bond donors (Lipinski definition) is 0. The summed E-state index contributed by atoms with van der Waals surface area (Å²) in [5.41, 5.74) is -3.37. The molecular formula is C20H28F3N3O2. The van der Waals surface area contributed by atoms with Crippen LogP contribution in [0, 0.1) is 0 Å². The van der Waals surface area contributed by atoms with Crippen molar-refractivity contribution in [3.05, 3.63) is 30.2 Å². The maximum atomic E-state index is 13.2. The lowest BCUT2D eigenvalue weighted by atomic mass is 10.2. The molecule has 0 aromatic carbocycles. The van der Waals surface area contributed by atoms with Crippen LogP contribution >= 0.6 is 0 Å². The second-order valence-corrected chi connectivity index (χ2v) is 7.97. The van der Waals surface area contributed by atoms with Gasteiger partial charge in [-0.1, -0.05) is 0 Å². The van der Waals surface area contributed by atoms with Crippen molar-refractivity contribution in [2.24, 2.45) is 7.05 Å². The van der Waals surface area contributed by atoms with Crippen LogP contribution < -0.4 is 0 Å². The fourth-order valence-corrected chi connectivity index (χ4v) is 2.20. The molecule has 1 heterocycles. The van der Waals surface area contributed by atoms with Crippen LogP contribution in [0.2, 0.25) is 0 Å². The summed E-state index contributed by atoms with van der Waals surface area (Å²) in [4.78, 5) is 22.8. The summed E-state index contributed by atoms with van der Waals surface area (Å²) < 4.78 is 40.0. The van der Waals surface area contributed by atoms with E-state index in [1.165, 1.54) is 13.0 Å². The van der Waals surface area contributed by atoms with Crippen LogP contribution in [0.15, 0.2) is 24.5 Å². The highest BCUT2D eigenvalue weighted by Crippen LogP contribution is 2.48. The molecule has 5 nitrogen and oxygen atoms in total. The summed E-state index contributed by atoms with van der Waals surface area (Å²) in [5.74, 6) is -0.710. The summed E-state index contributed by atoms with van der Waals surface area (Å²) in [6, 6.07) is 1.74. The molecule has 0 bridgehead atoms. The molecule has 3 fully saturated rings. The monoisotopic (exact) mass is 399 g/mol. The van der Waals surface area contributed by atoms with Crippen molar-refractivity contribution in [3.8, 4) is 0 Å². The minimum atomic E-state index is -1.51. The zero-order valence-electron chi connectivity index (χ0n) is 16.8. The van der Waals surface area contributed by atoms with E-state index in [0.29, 0.717) is 44.2 Å². The van der Waals surface area contributed by atoms with Crippen LogP contribution in [0.1, 0.15) is 51.1 Å². The quantitative estimate of drug-likeness (QED) is 0.710. The van der Waals surface area contributed by atoms with Gasteiger partial charge in [0, 0.05) is 39.6 Å². The van der Waals surface area contributed by atoms with Crippen molar-refractivity contribution in [2.45, 2.75) is 62.5 Å². The number of aryl methyl sites for hydroxylation is 1. The van der Waals surface area contributed by atoms with Gasteiger partial charge in [0.05, 0.1) is 5.69 Å². The van der Waals surface area contributed by atoms with Gasteiger partial charge in [0.1, 0.15) is 0 Å². The number of ketones is 2. The SMILES string of the molecule is CC(=O)C1(F)CC1.CN(C)/C=C/C(=O)C1(F)CC1.Cn1ccc(C2(F)CC2)n1. The van der Waals surface area contributed by atoms with Crippen molar-refractivity contribution < 1.29 is 22.8 Å². The molecule has 0 unspecified atom stereocenters. The Bertz CT molecular complexity index is 746. The smallest absolute Gasteiger partial charge is 0.194 e. The van der Waals surface area contributed by atoms with E-state index in [9.17, 15) is 22.8 Å². The van der Waals surface area contributed by atoms with Crippen LogP contribution in [0.3, 0.4) is 0 Å². The number of aromatic nitrogens is 2. The Balaban J connectivity index is 0.000000154. The number of allylic oxidation sites excluding steroid dienone is 1. The molecule has 1 aromatic heterocycles. The molecule has 156 valence electrons. The second-order valence-electron chi connectivity index (χ2n) is 7.97. The van der Waals surface area contributed by atoms with Crippen LogP contribution in [0.5, 0.6) is 0 Å². The molecule has 0 atom stereocenters. The molecular weight excluding hydrogens is 371 g/mol. The van der Waals surface area contributed by atoms with Gasteiger partial charge in [0.2, 0.25) is 0 Å². The standard InChI is InChI=1S/C8H12FNO.C7H9FN2.C5H7FO/c1-10(2)6-3-7(11)8(9)4-5-8;1-10-5-2-6(9-10)7(8)3-4-7;1-4(7)5(6)2-3-5/h3,6H,4-5H2,1-2H3;2,5H,3-4H2,1H3;2-3H2,1H3/b6-3+;;. The molecule has 0 aliphatic heterocycles. The first kappa shape index (κ1) is 22.2. The highest BCUT2D eigenvalue weighted by atomic mass is 19.2. The number of nitrogens with zero attached hydrogens (tertiary/aromatic N) is 3. The van der Waals surface area contributed by atoms with Crippen molar-refractivity contribution in [1.82, 2.24) is 14.7 Å².